The molecule has 5 nitrogen and oxygen atoms in total. The number of ether oxygens (including phenoxy) is 2. The van der Waals surface area contributed by atoms with Gasteiger partial charge in [0.25, 0.3) is 0 Å². The average molecular weight is 363 g/mol. The summed E-state index contributed by atoms with van der Waals surface area (Å²) in [4.78, 5) is 16.9. The minimum absolute atomic E-state index is 0.00181. The predicted molar refractivity (Wildman–Crippen MR) is 99.6 cm³/mol. The lowest BCUT2D eigenvalue weighted by atomic mass is 10.1. The Kier molecular flexibility index (Phi) is 6.79. The fourth-order valence-electron chi connectivity index (χ4n) is 2.33. The topological polar surface area (TPSA) is 74.4 Å². The standard InChI is InChI=1S/C19H23ClN2O3/c1-4-6-16(24-5-2)25-19(23)18-17(20)14(21)11-15(22-18)13-9-7-12(3)8-10-13/h7-11,16H,4-6H2,1-3H3,(H2,21,22). The molecule has 1 aromatic heterocycles. The second-order valence-corrected chi connectivity index (χ2v) is 6.08. The highest BCUT2D eigenvalue weighted by atomic mass is 35.5. The fraction of sp³-hybridized carbons (Fsp3) is 0.368. The minimum atomic E-state index is -0.641. The van der Waals surface area contributed by atoms with E-state index in [0.29, 0.717) is 18.7 Å². The van der Waals surface area contributed by atoms with E-state index < -0.39 is 12.3 Å². The Hall–Kier alpha value is -2.11. The van der Waals surface area contributed by atoms with Crippen LogP contribution in [-0.2, 0) is 9.47 Å². The first-order valence-corrected chi connectivity index (χ1v) is 8.69. The second kappa shape index (κ2) is 8.83. The van der Waals surface area contributed by atoms with E-state index in [1.807, 2.05) is 45.0 Å². The molecule has 0 aliphatic rings. The molecule has 0 aliphatic carbocycles. The first-order valence-electron chi connectivity index (χ1n) is 8.31. The molecule has 0 fully saturated rings. The van der Waals surface area contributed by atoms with Crippen molar-refractivity contribution in [1.29, 1.82) is 0 Å². The molecule has 2 aromatic rings. The molecule has 1 unspecified atom stereocenters. The summed E-state index contributed by atoms with van der Waals surface area (Å²) in [6.45, 7) is 6.28. The molecule has 0 spiro atoms. The molecular weight excluding hydrogens is 340 g/mol. The molecule has 0 amide bonds. The van der Waals surface area contributed by atoms with E-state index in [9.17, 15) is 4.79 Å². The highest BCUT2D eigenvalue weighted by molar-refractivity contribution is 6.35. The number of nitrogens with two attached hydrogens (primary N) is 1. The quantitative estimate of drug-likeness (QED) is 0.575. The summed E-state index contributed by atoms with van der Waals surface area (Å²) in [5, 5.41) is 0.0904. The maximum Gasteiger partial charge on any atom is 0.360 e. The Morgan fingerprint density at radius 1 is 1.28 bits per heavy atom. The van der Waals surface area contributed by atoms with Gasteiger partial charge in [0.2, 0.25) is 6.29 Å². The monoisotopic (exact) mass is 362 g/mol. The van der Waals surface area contributed by atoms with Crippen molar-refractivity contribution in [3.8, 4) is 11.3 Å². The van der Waals surface area contributed by atoms with Crippen LogP contribution in [0.2, 0.25) is 5.02 Å². The van der Waals surface area contributed by atoms with E-state index in [1.54, 1.807) is 6.07 Å². The number of pyridine rings is 1. The summed E-state index contributed by atoms with van der Waals surface area (Å²) in [5.41, 5.74) is 8.78. The van der Waals surface area contributed by atoms with Crippen molar-refractivity contribution in [2.75, 3.05) is 12.3 Å². The largest absolute Gasteiger partial charge is 0.431 e. The molecule has 0 aliphatic heterocycles. The van der Waals surface area contributed by atoms with E-state index in [4.69, 9.17) is 26.8 Å². The molecule has 0 saturated carbocycles. The number of hydrogen-bond acceptors (Lipinski definition) is 5. The number of carbonyl (C=O) groups excluding carboxylic acids is 1. The Morgan fingerprint density at radius 3 is 2.56 bits per heavy atom. The third-order valence-corrected chi connectivity index (χ3v) is 4.04. The van der Waals surface area contributed by atoms with E-state index >= 15 is 0 Å². The summed E-state index contributed by atoms with van der Waals surface area (Å²) < 4.78 is 10.8. The van der Waals surface area contributed by atoms with Crippen LogP contribution >= 0.6 is 11.6 Å². The normalized spacial score (nSPS) is 12.0. The van der Waals surface area contributed by atoms with Gasteiger partial charge in [-0.25, -0.2) is 9.78 Å². The number of esters is 1. The van der Waals surface area contributed by atoms with Gasteiger partial charge in [-0.3, -0.25) is 0 Å². The highest BCUT2D eigenvalue weighted by Crippen LogP contribution is 2.29. The number of anilines is 1. The van der Waals surface area contributed by atoms with Gasteiger partial charge in [0.05, 0.1) is 16.4 Å². The number of nitrogen functional groups attached to an aromatic ring is 1. The van der Waals surface area contributed by atoms with Crippen molar-refractivity contribution in [3.63, 3.8) is 0 Å². The van der Waals surface area contributed by atoms with Crippen molar-refractivity contribution < 1.29 is 14.3 Å². The van der Waals surface area contributed by atoms with Gasteiger partial charge in [-0.05, 0) is 19.9 Å². The van der Waals surface area contributed by atoms with Gasteiger partial charge in [0.15, 0.2) is 5.69 Å². The summed E-state index contributed by atoms with van der Waals surface area (Å²) in [6.07, 6.45) is 0.805. The summed E-state index contributed by atoms with van der Waals surface area (Å²) in [7, 11) is 0. The number of aromatic nitrogens is 1. The van der Waals surface area contributed by atoms with Crippen molar-refractivity contribution in [3.05, 3.63) is 46.6 Å². The first kappa shape index (κ1) is 19.2. The van der Waals surface area contributed by atoms with Crippen LogP contribution in [0.3, 0.4) is 0 Å². The number of hydrogen-bond donors (Lipinski definition) is 1. The Morgan fingerprint density at radius 2 is 1.96 bits per heavy atom. The molecule has 134 valence electrons. The number of nitrogens with zero attached hydrogens (tertiary/aromatic N) is 1. The summed E-state index contributed by atoms with van der Waals surface area (Å²) in [5.74, 6) is -0.641. The van der Waals surface area contributed by atoms with Crippen molar-refractivity contribution >= 4 is 23.3 Å². The molecular formula is C19H23ClN2O3. The third-order valence-electron chi connectivity index (χ3n) is 3.64. The zero-order valence-electron chi connectivity index (χ0n) is 14.7. The summed E-state index contributed by atoms with van der Waals surface area (Å²) in [6, 6.07) is 9.41. The SMILES string of the molecule is CCCC(OCC)OC(=O)c1nc(-c2ccc(C)cc2)cc(N)c1Cl. The van der Waals surface area contributed by atoms with Crippen LogP contribution in [0.15, 0.2) is 30.3 Å². The van der Waals surface area contributed by atoms with Crippen LogP contribution in [0.5, 0.6) is 0 Å². The van der Waals surface area contributed by atoms with Crippen molar-refractivity contribution in [2.24, 2.45) is 0 Å². The van der Waals surface area contributed by atoms with Gasteiger partial charge >= 0.3 is 5.97 Å². The van der Waals surface area contributed by atoms with Gasteiger partial charge in [-0.1, -0.05) is 54.8 Å². The Balaban J connectivity index is 2.33. The third kappa shape index (κ3) is 4.94. The van der Waals surface area contributed by atoms with Gasteiger partial charge in [0.1, 0.15) is 0 Å². The second-order valence-electron chi connectivity index (χ2n) is 5.70. The van der Waals surface area contributed by atoms with E-state index in [2.05, 4.69) is 4.98 Å². The molecule has 25 heavy (non-hydrogen) atoms. The van der Waals surface area contributed by atoms with Gasteiger partial charge in [-0.2, -0.15) is 0 Å². The molecule has 1 atom stereocenters. The first-order chi connectivity index (χ1) is 12.0. The number of aryl methyl sites for hydroxylation is 1. The number of carbonyl (C=O) groups is 1. The summed E-state index contributed by atoms with van der Waals surface area (Å²) >= 11 is 6.18. The minimum Gasteiger partial charge on any atom is -0.431 e. The highest BCUT2D eigenvalue weighted by Gasteiger charge is 2.22. The molecule has 0 saturated heterocycles. The van der Waals surface area contributed by atoms with E-state index in [-0.39, 0.29) is 16.4 Å². The Bertz CT molecular complexity index is 726. The lowest BCUT2D eigenvalue weighted by molar-refractivity contribution is -0.110. The molecule has 2 N–H and O–H groups in total. The smallest absolute Gasteiger partial charge is 0.360 e. The van der Waals surface area contributed by atoms with Crippen LogP contribution in [0, 0.1) is 6.92 Å². The molecule has 1 aromatic carbocycles. The van der Waals surface area contributed by atoms with Crippen LogP contribution in [-0.4, -0.2) is 23.9 Å². The van der Waals surface area contributed by atoms with Gasteiger partial charge < -0.3 is 15.2 Å². The molecule has 0 radical (unpaired) electrons. The lowest BCUT2D eigenvalue weighted by Crippen LogP contribution is -2.22. The number of rotatable bonds is 7. The average Bonchev–Trinajstić information content (AvgIpc) is 2.58. The Labute approximate surface area is 153 Å². The zero-order valence-corrected chi connectivity index (χ0v) is 15.5. The maximum absolute atomic E-state index is 12.5. The molecule has 6 heteroatoms. The van der Waals surface area contributed by atoms with Crippen molar-refractivity contribution in [2.45, 2.75) is 39.9 Å². The lowest BCUT2D eigenvalue weighted by Gasteiger charge is -2.17. The zero-order chi connectivity index (χ0) is 18.4. The maximum atomic E-state index is 12.5. The van der Waals surface area contributed by atoms with Crippen molar-refractivity contribution in [1.82, 2.24) is 4.98 Å². The molecule has 1 heterocycles. The fourth-order valence-corrected chi connectivity index (χ4v) is 2.50. The van der Waals surface area contributed by atoms with E-state index in [0.717, 1.165) is 17.5 Å². The predicted octanol–water partition coefficient (Wildman–Crippen LogP) is 4.61. The van der Waals surface area contributed by atoms with E-state index in [1.165, 1.54) is 0 Å². The number of benzene rings is 1. The molecule has 2 rings (SSSR count). The van der Waals surface area contributed by atoms with Crippen LogP contribution in [0.25, 0.3) is 11.3 Å². The molecule has 0 bridgehead atoms. The number of halogens is 1. The van der Waals surface area contributed by atoms with Crippen LogP contribution in [0.4, 0.5) is 5.69 Å². The van der Waals surface area contributed by atoms with Crippen LogP contribution < -0.4 is 5.73 Å². The van der Waals surface area contributed by atoms with Crippen LogP contribution in [0.1, 0.15) is 42.7 Å². The van der Waals surface area contributed by atoms with Gasteiger partial charge in [0, 0.05) is 18.6 Å². The van der Waals surface area contributed by atoms with Gasteiger partial charge in [-0.15, -0.1) is 0 Å².